The zero-order valence-electron chi connectivity index (χ0n) is 9.85. The molecule has 0 radical (unpaired) electrons. The van der Waals surface area contributed by atoms with Crippen LogP contribution in [0.3, 0.4) is 0 Å². The van der Waals surface area contributed by atoms with Gasteiger partial charge in [-0.05, 0) is 36.8 Å². The number of benzene rings is 1. The van der Waals surface area contributed by atoms with Crippen molar-refractivity contribution in [2.24, 2.45) is 0 Å². The number of rotatable bonds is 3. The Balaban J connectivity index is 2.37. The highest BCUT2D eigenvalue weighted by Gasteiger charge is 2.15. The molecule has 0 aliphatic heterocycles. The number of carboxylic acids is 1. The van der Waals surface area contributed by atoms with Crippen LogP contribution in [0.5, 0.6) is 11.6 Å². The minimum Gasteiger partial charge on any atom is -0.477 e. The second kappa shape index (κ2) is 5.24. The van der Waals surface area contributed by atoms with Crippen LogP contribution < -0.4 is 4.74 Å². The van der Waals surface area contributed by atoms with Crippen LogP contribution in [0.1, 0.15) is 15.9 Å². The summed E-state index contributed by atoms with van der Waals surface area (Å²) in [5, 5.41) is 9.53. The summed E-state index contributed by atoms with van der Waals surface area (Å²) < 4.78 is 18.3. The Morgan fingerprint density at radius 1 is 1.42 bits per heavy atom. The number of carbonyl (C=O) groups is 1. The van der Waals surface area contributed by atoms with Gasteiger partial charge >= 0.3 is 5.97 Å². The van der Waals surface area contributed by atoms with E-state index in [1.54, 1.807) is 25.1 Å². The van der Waals surface area contributed by atoms with Crippen molar-refractivity contribution in [3.63, 3.8) is 0 Å². The van der Waals surface area contributed by atoms with E-state index in [-0.39, 0.29) is 11.4 Å². The minimum atomic E-state index is -1.31. The van der Waals surface area contributed by atoms with Crippen LogP contribution in [-0.2, 0) is 0 Å². The lowest BCUT2D eigenvalue weighted by molar-refractivity contribution is 0.0692. The SMILES string of the molecule is Cc1cc(Oc2ncc(F)cc2C(=O)O)ccc1Cl. The van der Waals surface area contributed by atoms with E-state index in [0.717, 1.165) is 17.8 Å². The van der Waals surface area contributed by atoms with Gasteiger partial charge in [0.1, 0.15) is 17.1 Å². The molecule has 0 saturated heterocycles. The summed E-state index contributed by atoms with van der Waals surface area (Å²) in [4.78, 5) is 14.6. The Bertz CT molecular complexity index is 646. The lowest BCUT2D eigenvalue weighted by atomic mass is 10.2. The van der Waals surface area contributed by atoms with Crippen LogP contribution in [0.4, 0.5) is 4.39 Å². The van der Waals surface area contributed by atoms with Crippen molar-refractivity contribution >= 4 is 17.6 Å². The highest BCUT2D eigenvalue weighted by molar-refractivity contribution is 6.31. The number of carboxylic acid groups (broad SMARTS) is 1. The zero-order chi connectivity index (χ0) is 14.0. The molecule has 6 heteroatoms. The third kappa shape index (κ3) is 3.00. The first-order valence-corrected chi connectivity index (χ1v) is 5.68. The lowest BCUT2D eigenvalue weighted by Gasteiger charge is -2.08. The van der Waals surface area contributed by atoms with Gasteiger partial charge < -0.3 is 9.84 Å². The van der Waals surface area contributed by atoms with Crippen molar-refractivity contribution in [2.75, 3.05) is 0 Å². The van der Waals surface area contributed by atoms with Crippen molar-refractivity contribution in [3.8, 4) is 11.6 Å². The first-order valence-electron chi connectivity index (χ1n) is 5.30. The molecule has 98 valence electrons. The summed E-state index contributed by atoms with van der Waals surface area (Å²) in [6, 6.07) is 5.69. The topological polar surface area (TPSA) is 59.4 Å². The molecule has 0 fully saturated rings. The fraction of sp³-hybridized carbons (Fsp3) is 0.0769. The van der Waals surface area contributed by atoms with Gasteiger partial charge in [0.15, 0.2) is 0 Å². The summed E-state index contributed by atoms with van der Waals surface area (Å²) in [6.45, 7) is 1.78. The number of hydrogen-bond acceptors (Lipinski definition) is 3. The number of ether oxygens (including phenoxy) is 1. The quantitative estimate of drug-likeness (QED) is 0.932. The number of nitrogens with zero attached hydrogens (tertiary/aromatic N) is 1. The number of aryl methyl sites for hydroxylation is 1. The Hall–Kier alpha value is -2.14. The molecule has 2 rings (SSSR count). The first kappa shape index (κ1) is 13.3. The Morgan fingerprint density at radius 3 is 2.79 bits per heavy atom. The number of pyridine rings is 1. The van der Waals surface area contributed by atoms with Crippen molar-refractivity contribution in [1.82, 2.24) is 4.98 Å². The van der Waals surface area contributed by atoms with Gasteiger partial charge in [-0.2, -0.15) is 0 Å². The fourth-order valence-corrected chi connectivity index (χ4v) is 1.57. The van der Waals surface area contributed by atoms with Crippen molar-refractivity contribution in [1.29, 1.82) is 0 Å². The molecule has 19 heavy (non-hydrogen) atoms. The molecule has 4 nitrogen and oxygen atoms in total. The van der Waals surface area contributed by atoms with E-state index in [2.05, 4.69) is 4.98 Å². The predicted molar refractivity (Wildman–Crippen MR) is 67.4 cm³/mol. The molecule has 2 aromatic rings. The van der Waals surface area contributed by atoms with E-state index in [1.165, 1.54) is 0 Å². The Morgan fingerprint density at radius 2 is 2.16 bits per heavy atom. The minimum absolute atomic E-state index is 0.171. The standard InChI is InChI=1S/C13H9ClFNO3/c1-7-4-9(2-3-11(7)14)19-12-10(13(17)18)5-8(15)6-16-12/h2-6H,1H3,(H,17,18). The molecule has 0 spiro atoms. The molecule has 1 aromatic heterocycles. The van der Waals surface area contributed by atoms with E-state index >= 15 is 0 Å². The summed E-state index contributed by atoms with van der Waals surface area (Å²) >= 11 is 5.87. The third-order valence-corrected chi connectivity index (χ3v) is 2.82. The van der Waals surface area contributed by atoms with Crippen LogP contribution in [0.25, 0.3) is 0 Å². The zero-order valence-corrected chi connectivity index (χ0v) is 10.6. The maximum atomic E-state index is 13.0. The van der Waals surface area contributed by atoms with E-state index in [0.29, 0.717) is 10.8 Å². The number of halogens is 2. The second-order valence-corrected chi connectivity index (χ2v) is 4.23. The summed E-state index contributed by atoms with van der Waals surface area (Å²) in [5.41, 5.74) is 0.436. The highest BCUT2D eigenvalue weighted by Crippen LogP contribution is 2.27. The van der Waals surface area contributed by atoms with Crippen molar-refractivity contribution in [2.45, 2.75) is 6.92 Å². The molecular formula is C13H9ClFNO3. The summed E-state index contributed by atoms with van der Waals surface area (Å²) in [6.07, 6.45) is 0.893. The molecule has 0 bridgehead atoms. The Kier molecular flexibility index (Phi) is 3.66. The van der Waals surface area contributed by atoms with Crippen LogP contribution in [0.2, 0.25) is 5.02 Å². The molecule has 0 amide bonds. The molecular weight excluding hydrogens is 273 g/mol. The smallest absolute Gasteiger partial charge is 0.341 e. The maximum absolute atomic E-state index is 13.0. The van der Waals surface area contributed by atoms with Gasteiger partial charge in [-0.25, -0.2) is 14.2 Å². The normalized spacial score (nSPS) is 10.3. The molecule has 0 atom stereocenters. The van der Waals surface area contributed by atoms with Crippen LogP contribution in [0.15, 0.2) is 30.5 Å². The lowest BCUT2D eigenvalue weighted by Crippen LogP contribution is -2.03. The predicted octanol–water partition coefficient (Wildman–Crippen LogP) is 3.67. The molecule has 0 aliphatic carbocycles. The van der Waals surface area contributed by atoms with Gasteiger partial charge in [-0.1, -0.05) is 11.6 Å². The average Bonchev–Trinajstić information content (AvgIpc) is 2.36. The summed E-state index contributed by atoms with van der Waals surface area (Å²) in [5.74, 6) is -1.84. The van der Waals surface area contributed by atoms with Gasteiger partial charge in [0.25, 0.3) is 0 Å². The van der Waals surface area contributed by atoms with E-state index in [1.807, 2.05) is 0 Å². The van der Waals surface area contributed by atoms with Gasteiger partial charge in [0.2, 0.25) is 5.88 Å². The Labute approximate surface area is 113 Å². The summed E-state index contributed by atoms with van der Waals surface area (Å²) in [7, 11) is 0. The fourth-order valence-electron chi connectivity index (χ4n) is 1.45. The van der Waals surface area contributed by atoms with Gasteiger partial charge in [0, 0.05) is 5.02 Å². The first-order chi connectivity index (χ1) is 8.97. The van der Waals surface area contributed by atoms with Gasteiger partial charge in [-0.15, -0.1) is 0 Å². The van der Waals surface area contributed by atoms with E-state index in [9.17, 15) is 9.18 Å². The second-order valence-electron chi connectivity index (χ2n) is 3.82. The van der Waals surface area contributed by atoms with E-state index < -0.39 is 11.8 Å². The van der Waals surface area contributed by atoms with Gasteiger partial charge in [-0.3, -0.25) is 0 Å². The molecule has 0 aliphatic rings. The largest absolute Gasteiger partial charge is 0.477 e. The number of hydrogen-bond donors (Lipinski definition) is 1. The maximum Gasteiger partial charge on any atom is 0.341 e. The molecule has 1 heterocycles. The average molecular weight is 282 g/mol. The van der Waals surface area contributed by atoms with Crippen LogP contribution >= 0.6 is 11.6 Å². The van der Waals surface area contributed by atoms with Crippen molar-refractivity contribution in [3.05, 3.63) is 52.4 Å². The molecule has 0 unspecified atom stereocenters. The highest BCUT2D eigenvalue weighted by atomic mass is 35.5. The van der Waals surface area contributed by atoms with Gasteiger partial charge in [0.05, 0.1) is 6.20 Å². The van der Waals surface area contributed by atoms with Crippen molar-refractivity contribution < 1.29 is 19.0 Å². The van der Waals surface area contributed by atoms with E-state index in [4.69, 9.17) is 21.4 Å². The number of aromatic carboxylic acids is 1. The molecule has 0 saturated carbocycles. The monoisotopic (exact) mass is 281 g/mol. The molecule has 1 aromatic carbocycles. The number of aromatic nitrogens is 1. The van der Waals surface area contributed by atoms with Crippen LogP contribution in [0, 0.1) is 12.7 Å². The van der Waals surface area contributed by atoms with Crippen LogP contribution in [-0.4, -0.2) is 16.1 Å². The molecule has 1 N–H and O–H groups in total. The third-order valence-electron chi connectivity index (χ3n) is 2.39.